The molecule has 31 heavy (non-hydrogen) atoms. The molecule has 178 valence electrons. The number of aliphatic hydroxyl groups is 1. The monoisotopic (exact) mass is 459 g/mol. The molecule has 1 fully saturated rings. The number of carbonyl (C=O) groups is 4. The fourth-order valence-electron chi connectivity index (χ4n) is 3.13. The van der Waals surface area contributed by atoms with Crippen molar-refractivity contribution in [2.75, 3.05) is 27.2 Å². The van der Waals surface area contributed by atoms with E-state index in [0.29, 0.717) is 18.8 Å². The fourth-order valence-corrected chi connectivity index (χ4v) is 3.32. The maximum Gasteiger partial charge on any atom is 0.245 e. The zero-order valence-electron chi connectivity index (χ0n) is 19.3. The number of aliphatic hydroxyl groups excluding tert-OH is 1. The quantitative estimate of drug-likeness (QED) is 0.259. The van der Waals surface area contributed by atoms with Gasteiger partial charge in [0.1, 0.15) is 6.04 Å². The Kier molecular flexibility index (Phi) is 10.2. The minimum atomic E-state index is -1.07. The summed E-state index contributed by atoms with van der Waals surface area (Å²) in [6.07, 6.45) is 0.274. The molecule has 0 bridgehead atoms. The highest BCUT2D eigenvalue weighted by atomic mass is 32.1. The zero-order chi connectivity index (χ0) is 23.9. The zero-order valence-corrected chi connectivity index (χ0v) is 20.2. The van der Waals surface area contributed by atoms with E-state index >= 15 is 0 Å². The Bertz CT molecular complexity index is 672. The maximum absolute atomic E-state index is 12.6. The van der Waals surface area contributed by atoms with E-state index < -0.39 is 35.0 Å². The van der Waals surface area contributed by atoms with Gasteiger partial charge in [-0.2, -0.15) is 12.6 Å². The Hall–Kier alpha value is -1.85. The lowest BCUT2D eigenvalue weighted by Crippen LogP contribution is -2.51. The second-order valence-corrected chi connectivity index (χ2v) is 9.37. The first-order valence-corrected chi connectivity index (χ1v) is 11.0. The summed E-state index contributed by atoms with van der Waals surface area (Å²) in [5.41, 5.74) is -0.835. The lowest BCUT2D eigenvalue weighted by Gasteiger charge is -2.26. The molecule has 4 amide bonds. The van der Waals surface area contributed by atoms with E-state index in [1.807, 2.05) is 13.8 Å². The van der Waals surface area contributed by atoms with E-state index in [2.05, 4.69) is 28.6 Å². The van der Waals surface area contributed by atoms with Gasteiger partial charge in [0, 0.05) is 13.6 Å². The van der Waals surface area contributed by atoms with Crippen molar-refractivity contribution in [2.24, 2.45) is 5.92 Å². The molecule has 0 saturated carbocycles. The van der Waals surface area contributed by atoms with Gasteiger partial charge in [-0.1, -0.05) is 13.8 Å². The summed E-state index contributed by atoms with van der Waals surface area (Å²) in [5.74, 6) is -1.11. The third-order valence-corrected chi connectivity index (χ3v) is 6.10. The largest absolute Gasteiger partial charge is 0.361 e. The topological polar surface area (TPSA) is 131 Å². The van der Waals surface area contributed by atoms with E-state index in [9.17, 15) is 24.3 Å². The molecule has 1 saturated heterocycles. The number of likely N-dealkylation sites (N-methyl/N-ethyl adjacent to an activating group) is 2. The van der Waals surface area contributed by atoms with Crippen LogP contribution in [0.4, 0.5) is 0 Å². The second-order valence-electron chi connectivity index (χ2n) is 8.74. The average molecular weight is 460 g/mol. The average Bonchev–Trinajstić information content (AvgIpc) is 2.86. The number of hydrogen-bond donors (Lipinski definition) is 5. The molecule has 1 rings (SSSR count). The minimum Gasteiger partial charge on any atom is -0.361 e. The highest BCUT2D eigenvalue weighted by molar-refractivity contribution is 7.81. The molecule has 11 heteroatoms. The van der Waals surface area contributed by atoms with E-state index in [1.54, 1.807) is 25.8 Å². The molecule has 0 spiro atoms. The van der Waals surface area contributed by atoms with Gasteiger partial charge in [0.05, 0.1) is 17.3 Å². The maximum atomic E-state index is 12.6. The molecule has 0 radical (unpaired) electrons. The summed E-state index contributed by atoms with van der Waals surface area (Å²) in [5, 5.41) is 17.2. The van der Waals surface area contributed by atoms with Crippen LogP contribution in [0.1, 0.15) is 47.0 Å². The van der Waals surface area contributed by atoms with Crippen molar-refractivity contribution in [3.8, 4) is 0 Å². The summed E-state index contributed by atoms with van der Waals surface area (Å²) in [4.78, 5) is 51.9. The Labute approximate surface area is 189 Å². The summed E-state index contributed by atoms with van der Waals surface area (Å²) >= 11 is 4.33. The van der Waals surface area contributed by atoms with Gasteiger partial charge in [-0.3, -0.25) is 19.2 Å². The Morgan fingerprint density at radius 2 is 1.77 bits per heavy atom. The molecule has 0 aliphatic carbocycles. The van der Waals surface area contributed by atoms with E-state index in [-0.39, 0.29) is 31.3 Å². The van der Waals surface area contributed by atoms with Gasteiger partial charge in [0.15, 0.2) is 6.35 Å². The number of carbonyl (C=O) groups excluding carboxylic acids is 4. The van der Waals surface area contributed by atoms with Crippen LogP contribution in [0.25, 0.3) is 0 Å². The summed E-state index contributed by atoms with van der Waals surface area (Å²) in [6, 6.07) is -0.793. The molecule has 1 heterocycles. The van der Waals surface area contributed by atoms with Crippen LogP contribution in [0, 0.1) is 5.92 Å². The number of rotatable bonds is 11. The third kappa shape index (κ3) is 7.36. The number of hydrogen-bond acceptors (Lipinski definition) is 7. The predicted molar refractivity (Wildman–Crippen MR) is 120 cm³/mol. The highest BCUT2D eigenvalue weighted by Gasteiger charge is 2.49. The summed E-state index contributed by atoms with van der Waals surface area (Å²) in [7, 11) is 3.13. The van der Waals surface area contributed by atoms with Crippen molar-refractivity contribution in [3.63, 3.8) is 0 Å². The molecule has 0 aromatic heterocycles. The molecular formula is C20H37N5O5S. The van der Waals surface area contributed by atoms with Crippen molar-refractivity contribution in [3.05, 3.63) is 0 Å². The lowest BCUT2D eigenvalue weighted by molar-refractivity contribution is -0.136. The van der Waals surface area contributed by atoms with Crippen LogP contribution in [0.5, 0.6) is 0 Å². The molecule has 10 nitrogen and oxygen atoms in total. The molecular weight excluding hydrogens is 422 g/mol. The molecule has 1 aliphatic rings. The van der Waals surface area contributed by atoms with Gasteiger partial charge in [-0.15, -0.1) is 0 Å². The smallest absolute Gasteiger partial charge is 0.245 e. The van der Waals surface area contributed by atoms with Crippen molar-refractivity contribution in [1.82, 2.24) is 25.8 Å². The Balaban J connectivity index is 2.69. The lowest BCUT2D eigenvalue weighted by atomic mass is 10.0. The first kappa shape index (κ1) is 27.2. The highest BCUT2D eigenvalue weighted by Crippen LogP contribution is 2.28. The molecule has 4 N–H and O–H groups in total. The second kappa shape index (κ2) is 11.7. The van der Waals surface area contributed by atoms with Crippen LogP contribution in [0.2, 0.25) is 0 Å². The predicted octanol–water partition coefficient (Wildman–Crippen LogP) is -0.713. The number of nitrogens with one attached hydrogen (secondary N) is 3. The van der Waals surface area contributed by atoms with E-state index in [1.165, 1.54) is 11.9 Å². The molecule has 0 aromatic rings. The van der Waals surface area contributed by atoms with Crippen LogP contribution >= 0.6 is 12.6 Å². The van der Waals surface area contributed by atoms with Crippen LogP contribution < -0.4 is 16.0 Å². The van der Waals surface area contributed by atoms with Crippen LogP contribution in [0.15, 0.2) is 0 Å². The van der Waals surface area contributed by atoms with Crippen molar-refractivity contribution in [2.45, 2.75) is 70.1 Å². The van der Waals surface area contributed by atoms with Crippen molar-refractivity contribution in [1.29, 1.82) is 0 Å². The third-order valence-electron chi connectivity index (χ3n) is 5.60. The first-order chi connectivity index (χ1) is 14.3. The number of nitrogens with zero attached hydrogens (tertiary/aromatic N) is 2. The Morgan fingerprint density at radius 3 is 2.26 bits per heavy atom. The Morgan fingerprint density at radius 1 is 1.16 bits per heavy atom. The molecule has 1 unspecified atom stereocenters. The number of amides is 4. The number of thiol groups is 1. The summed E-state index contributed by atoms with van der Waals surface area (Å²) < 4.78 is 0. The van der Waals surface area contributed by atoms with Crippen molar-refractivity contribution < 1.29 is 24.3 Å². The van der Waals surface area contributed by atoms with Crippen molar-refractivity contribution >= 4 is 36.3 Å². The molecule has 3 atom stereocenters. The van der Waals surface area contributed by atoms with Gasteiger partial charge in [0.25, 0.3) is 0 Å². The standard InChI is InChI=1S/C20H37N5O5S/c1-12(2)7-8-13(16(27)22-11-15(26)21-5)23-17(28)14(31)9-10-25-18(29)20(3,4)24(6)19(25)30/h12-14,19,30-31H,7-11H2,1-6H3,(H,21,26)(H,22,27)(H,23,28)/t13-,14-,19?/m0/s1. The van der Waals surface area contributed by atoms with Crippen LogP contribution in [0.3, 0.4) is 0 Å². The van der Waals surface area contributed by atoms with Gasteiger partial charge in [0.2, 0.25) is 23.6 Å². The van der Waals surface area contributed by atoms with E-state index in [4.69, 9.17) is 0 Å². The normalized spacial score (nSPS) is 20.5. The summed E-state index contributed by atoms with van der Waals surface area (Å²) in [6.45, 7) is 7.44. The SMILES string of the molecule is CNC(=O)CNC(=O)[C@H](CCC(C)C)NC(=O)[C@@H](S)CCN1C(=O)C(C)(C)N(C)C1O. The molecule has 0 aromatic carbocycles. The van der Waals surface area contributed by atoms with Gasteiger partial charge in [-0.05, 0) is 46.1 Å². The van der Waals surface area contributed by atoms with Gasteiger partial charge < -0.3 is 26.0 Å². The first-order valence-electron chi connectivity index (χ1n) is 10.5. The van der Waals surface area contributed by atoms with Gasteiger partial charge in [-0.25, -0.2) is 4.90 Å². The van der Waals surface area contributed by atoms with E-state index in [0.717, 1.165) is 0 Å². The van der Waals surface area contributed by atoms with Crippen LogP contribution in [-0.4, -0.2) is 88.9 Å². The fraction of sp³-hybridized carbons (Fsp3) is 0.800. The van der Waals surface area contributed by atoms with Crippen LogP contribution in [-0.2, 0) is 19.2 Å². The van der Waals surface area contributed by atoms with Gasteiger partial charge >= 0.3 is 0 Å². The minimum absolute atomic E-state index is 0.148. The molecule has 1 aliphatic heterocycles.